The van der Waals surface area contributed by atoms with E-state index in [1.807, 2.05) is 0 Å². The minimum absolute atomic E-state index is 0.118. The van der Waals surface area contributed by atoms with Gasteiger partial charge >= 0.3 is 0 Å². The van der Waals surface area contributed by atoms with Crippen molar-refractivity contribution in [3.63, 3.8) is 0 Å². The monoisotopic (exact) mass is 198 g/mol. The van der Waals surface area contributed by atoms with Crippen molar-refractivity contribution in [2.75, 3.05) is 13.1 Å². The van der Waals surface area contributed by atoms with Gasteiger partial charge in [0.1, 0.15) is 0 Å². The molecule has 2 unspecified atom stereocenters. The molecule has 1 aliphatic heterocycles. The Kier molecular flexibility index (Phi) is 2.74. The second kappa shape index (κ2) is 3.87. The van der Waals surface area contributed by atoms with Gasteiger partial charge in [-0.05, 0) is 25.3 Å². The molecule has 4 heteroatoms. The van der Waals surface area contributed by atoms with Gasteiger partial charge in [0, 0.05) is 12.6 Å². The van der Waals surface area contributed by atoms with Crippen LogP contribution in [-0.4, -0.2) is 36.2 Å². The predicted octanol–water partition coefficient (Wildman–Crippen LogP) is -0.519. The number of rotatable bonds is 2. The second-order valence-electron chi connectivity index (χ2n) is 4.57. The topological polar surface area (TPSA) is 61.4 Å². The molecule has 2 atom stereocenters. The normalized spacial score (nSPS) is 41.9. The molecule has 1 amide bonds. The molecular weight excluding hydrogens is 180 g/mol. The van der Waals surface area contributed by atoms with E-state index >= 15 is 0 Å². The van der Waals surface area contributed by atoms with Crippen molar-refractivity contribution in [3.05, 3.63) is 0 Å². The molecule has 14 heavy (non-hydrogen) atoms. The van der Waals surface area contributed by atoms with Crippen molar-refractivity contribution in [3.8, 4) is 0 Å². The summed E-state index contributed by atoms with van der Waals surface area (Å²) in [6, 6.07) is 0.213. The van der Waals surface area contributed by atoms with Crippen molar-refractivity contribution in [1.29, 1.82) is 0 Å². The van der Waals surface area contributed by atoms with Gasteiger partial charge < -0.3 is 15.7 Å². The van der Waals surface area contributed by atoms with Gasteiger partial charge in [0.25, 0.3) is 0 Å². The third-order valence-corrected chi connectivity index (χ3v) is 3.31. The quantitative estimate of drug-likeness (QED) is 0.559. The van der Waals surface area contributed by atoms with E-state index in [1.54, 1.807) is 0 Å². The van der Waals surface area contributed by atoms with Crippen LogP contribution in [-0.2, 0) is 4.79 Å². The maximum absolute atomic E-state index is 11.7. The lowest BCUT2D eigenvalue weighted by Gasteiger charge is -2.33. The Balaban J connectivity index is 1.78. The van der Waals surface area contributed by atoms with Crippen molar-refractivity contribution in [1.82, 2.24) is 10.6 Å². The zero-order valence-electron chi connectivity index (χ0n) is 8.49. The van der Waals surface area contributed by atoms with Crippen LogP contribution in [0.15, 0.2) is 0 Å². The van der Waals surface area contributed by atoms with Crippen LogP contribution in [0.1, 0.15) is 19.8 Å². The molecule has 1 aliphatic carbocycles. The largest absolute Gasteiger partial charge is 0.393 e. The fraction of sp³-hybridized carbons (Fsp3) is 0.900. The minimum atomic E-state index is -0.195. The molecule has 0 aromatic heterocycles. The van der Waals surface area contributed by atoms with E-state index in [4.69, 9.17) is 5.11 Å². The average Bonchev–Trinajstić information content (AvgIpc) is 2.48. The minimum Gasteiger partial charge on any atom is -0.393 e. The fourth-order valence-corrected chi connectivity index (χ4v) is 2.17. The first-order valence-electron chi connectivity index (χ1n) is 5.36. The number of aliphatic hydroxyl groups excluding tert-OH is 1. The fourth-order valence-electron chi connectivity index (χ4n) is 2.17. The highest BCUT2D eigenvalue weighted by Gasteiger charge is 2.34. The molecule has 0 bridgehead atoms. The molecule has 0 radical (unpaired) electrons. The summed E-state index contributed by atoms with van der Waals surface area (Å²) < 4.78 is 0. The molecule has 1 saturated heterocycles. The second-order valence-corrected chi connectivity index (χ2v) is 4.57. The molecule has 0 spiro atoms. The average molecular weight is 198 g/mol. The Bertz CT molecular complexity index is 226. The van der Waals surface area contributed by atoms with Gasteiger partial charge in [-0.15, -0.1) is 0 Å². The number of carbonyl (C=O) groups excluding carboxylic acids is 1. The lowest BCUT2D eigenvalue weighted by Crippen LogP contribution is -2.49. The zero-order valence-corrected chi connectivity index (χ0v) is 8.49. The molecular formula is C10H18N2O2. The summed E-state index contributed by atoms with van der Waals surface area (Å²) in [6.07, 6.45) is 1.25. The number of aliphatic hydroxyl groups is 1. The van der Waals surface area contributed by atoms with Gasteiger partial charge in [-0.2, -0.15) is 0 Å². The van der Waals surface area contributed by atoms with Gasteiger partial charge in [-0.1, -0.05) is 6.92 Å². The van der Waals surface area contributed by atoms with Gasteiger partial charge in [-0.25, -0.2) is 0 Å². The van der Waals surface area contributed by atoms with Crippen LogP contribution >= 0.6 is 0 Å². The van der Waals surface area contributed by atoms with E-state index in [0.29, 0.717) is 5.92 Å². The van der Waals surface area contributed by atoms with E-state index in [0.717, 1.165) is 25.9 Å². The van der Waals surface area contributed by atoms with E-state index < -0.39 is 0 Å². The molecule has 2 rings (SSSR count). The number of nitrogens with one attached hydrogen (secondary N) is 2. The molecule has 2 fully saturated rings. The van der Waals surface area contributed by atoms with Gasteiger partial charge in [0.2, 0.25) is 5.91 Å². The maximum atomic E-state index is 11.7. The Morgan fingerprint density at radius 3 is 2.64 bits per heavy atom. The Morgan fingerprint density at radius 1 is 1.43 bits per heavy atom. The van der Waals surface area contributed by atoms with Crippen LogP contribution in [0.2, 0.25) is 0 Å². The van der Waals surface area contributed by atoms with Gasteiger partial charge in [0.15, 0.2) is 0 Å². The van der Waals surface area contributed by atoms with E-state index in [9.17, 15) is 4.79 Å². The van der Waals surface area contributed by atoms with Crippen LogP contribution in [0.5, 0.6) is 0 Å². The summed E-state index contributed by atoms with van der Waals surface area (Å²) in [5.74, 6) is 0.701. The van der Waals surface area contributed by atoms with E-state index in [-0.39, 0.29) is 24.0 Å². The smallest absolute Gasteiger partial charge is 0.224 e. The first kappa shape index (κ1) is 9.93. The number of amides is 1. The van der Waals surface area contributed by atoms with Gasteiger partial charge in [-0.3, -0.25) is 4.79 Å². The number of hydrogen-bond acceptors (Lipinski definition) is 3. The summed E-state index contributed by atoms with van der Waals surface area (Å²) in [5.41, 5.74) is 0. The first-order valence-corrected chi connectivity index (χ1v) is 5.36. The van der Waals surface area contributed by atoms with Crippen molar-refractivity contribution < 1.29 is 9.90 Å². The number of carbonyl (C=O) groups is 1. The van der Waals surface area contributed by atoms with Crippen molar-refractivity contribution in [2.45, 2.75) is 31.9 Å². The highest BCUT2D eigenvalue weighted by Crippen LogP contribution is 2.21. The maximum Gasteiger partial charge on any atom is 0.224 e. The summed E-state index contributed by atoms with van der Waals surface area (Å²) in [5, 5.41) is 15.3. The van der Waals surface area contributed by atoms with E-state index in [1.165, 1.54) is 0 Å². The van der Waals surface area contributed by atoms with Crippen LogP contribution in [0.4, 0.5) is 0 Å². The third-order valence-electron chi connectivity index (χ3n) is 3.31. The Labute approximate surface area is 84.1 Å². The lowest BCUT2D eigenvalue weighted by atomic mass is 9.88. The highest BCUT2D eigenvalue weighted by molar-refractivity contribution is 5.80. The standard InChI is InChI=1S/C10H18N2O2/c1-6-4-11-5-9(6)10(14)12-7-2-8(13)3-7/h6-9,11,13H,2-5H2,1H3,(H,12,14). The van der Waals surface area contributed by atoms with Crippen molar-refractivity contribution >= 4 is 5.91 Å². The highest BCUT2D eigenvalue weighted by atomic mass is 16.3. The molecule has 2 aliphatic rings. The molecule has 0 aromatic carbocycles. The predicted molar refractivity (Wildman–Crippen MR) is 52.7 cm³/mol. The molecule has 80 valence electrons. The molecule has 1 heterocycles. The SMILES string of the molecule is CC1CNCC1C(=O)NC1CC(O)C1. The third kappa shape index (κ3) is 1.91. The molecule has 0 aromatic rings. The summed E-state index contributed by atoms with van der Waals surface area (Å²) >= 11 is 0. The zero-order chi connectivity index (χ0) is 10.1. The van der Waals surface area contributed by atoms with Crippen LogP contribution in [0.3, 0.4) is 0 Å². The van der Waals surface area contributed by atoms with E-state index in [2.05, 4.69) is 17.6 Å². The molecule has 3 N–H and O–H groups in total. The Hall–Kier alpha value is -0.610. The Morgan fingerprint density at radius 2 is 2.14 bits per heavy atom. The summed E-state index contributed by atoms with van der Waals surface area (Å²) in [6.45, 7) is 3.83. The molecule has 4 nitrogen and oxygen atoms in total. The first-order chi connectivity index (χ1) is 6.66. The summed E-state index contributed by atoms with van der Waals surface area (Å²) in [7, 11) is 0. The van der Waals surface area contributed by atoms with Crippen LogP contribution in [0, 0.1) is 11.8 Å². The van der Waals surface area contributed by atoms with Crippen LogP contribution in [0.25, 0.3) is 0 Å². The summed E-state index contributed by atoms with van der Waals surface area (Å²) in [4.78, 5) is 11.7. The molecule has 1 saturated carbocycles. The van der Waals surface area contributed by atoms with Crippen LogP contribution < -0.4 is 10.6 Å². The van der Waals surface area contributed by atoms with Crippen molar-refractivity contribution in [2.24, 2.45) is 11.8 Å². The van der Waals surface area contributed by atoms with Gasteiger partial charge in [0.05, 0.1) is 12.0 Å². The number of hydrogen-bond donors (Lipinski definition) is 3. The lowest BCUT2D eigenvalue weighted by molar-refractivity contribution is -0.127.